The first-order valence-corrected chi connectivity index (χ1v) is 13.2. The highest BCUT2D eigenvalue weighted by Gasteiger charge is 2.11. The van der Waals surface area contributed by atoms with E-state index in [1.54, 1.807) is 7.11 Å². The van der Waals surface area contributed by atoms with Crippen molar-refractivity contribution in [2.24, 2.45) is 0 Å². The molecule has 0 aliphatic rings. The number of benzene rings is 3. The molecule has 0 bridgehead atoms. The second-order valence-electron chi connectivity index (χ2n) is 7.36. The SMILES string of the molecule is CCCSSCC[n+]1ccc(/C=C/c2ccc(OC)c3ccccc23)c2ccccc21. The van der Waals surface area contributed by atoms with Crippen LogP contribution in [0, 0.1) is 0 Å². The van der Waals surface area contributed by atoms with Gasteiger partial charge >= 0.3 is 0 Å². The van der Waals surface area contributed by atoms with Gasteiger partial charge in [-0.3, -0.25) is 0 Å². The van der Waals surface area contributed by atoms with E-state index in [1.165, 1.54) is 39.6 Å². The van der Waals surface area contributed by atoms with E-state index in [2.05, 4.69) is 90.5 Å². The van der Waals surface area contributed by atoms with Crippen LogP contribution >= 0.6 is 21.6 Å². The van der Waals surface area contributed by atoms with Crippen LogP contribution in [-0.4, -0.2) is 18.6 Å². The molecular formula is C27H28NOS2+. The minimum absolute atomic E-state index is 0.911. The van der Waals surface area contributed by atoms with Crippen LogP contribution in [0.5, 0.6) is 5.75 Å². The Labute approximate surface area is 192 Å². The number of pyridine rings is 1. The third-order valence-corrected chi connectivity index (χ3v) is 7.92. The van der Waals surface area contributed by atoms with Gasteiger partial charge in [0.25, 0.3) is 0 Å². The van der Waals surface area contributed by atoms with Crippen molar-refractivity contribution in [3.8, 4) is 5.75 Å². The molecule has 0 amide bonds. The Hall–Kier alpha value is -2.43. The normalized spacial score (nSPS) is 11.5. The highest BCUT2D eigenvalue weighted by atomic mass is 33.1. The van der Waals surface area contributed by atoms with Crippen LogP contribution < -0.4 is 9.30 Å². The Balaban J connectivity index is 1.63. The Bertz CT molecular complexity index is 1200. The highest BCUT2D eigenvalue weighted by molar-refractivity contribution is 8.76. The Morgan fingerprint density at radius 3 is 2.23 bits per heavy atom. The van der Waals surface area contributed by atoms with E-state index in [9.17, 15) is 0 Å². The van der Waals surface area contributed by atoms with E-state index in [1.807, 2.05) is 27.7 Å². The van der Waals surface area contributed by atoms with Gasteiger partial charge in [0, 0.05) is 23.3 Å². The maximum Gasteiger partial charge on any atom is 0.213 e. The molecule has 0 radical (unpaired) electrons. The molecule has 31 heavy (non-hydrogen) atoms. The highest BCUT2D eigenvalue weighted by Crippen LogP contribution is 2.30. The number of aromatic nitrogens is 1. The molecule has 0 N–H and O–H groups in total. The number of para-hydroxylation sites is 1. The molecule has 3 aromatic carbocycles. The first-order chi connectivity index (χ1) is 15.3. The Morgan fingerprint density at radius 2 is 1.45 bits per heavy atom. The lowest BCUT2D eigenvalue weighted by molar-refractivity contribution is -0.666. The molecular weight excluding hydrogens is 418 g/mol. The first-order valence-electron chi connectivity index (χ1n) is 10.7. The van der Waals surface area contributed by atoms with E-state index in [0.29, 0.717) is 0 Å². The summed E-state index contributed by atoms with van der Waals surface area (Å²) in [6.45, 7) is 3.26. The van der Waals surface area contributed by atoms with Crippen LogP contribution in [-0.2, 0) is 6.54 Å². The van der Waals surface area contributed by atoms with Crippen molar-refractivity contribution < 1.29 is 9.30 Å². The lowest BCUT2D eigenvalue weighted by Crippen LogP contribution is -2.35. The van der Waals surface area contributed by atoms with E-state index < -0.39 is 0 Å². The number of ether oxygens (including phenoxy) is 1. The van der Waals surface area contributed by atoms with Gasteiger partial charge in [-0.15, -0.1) is 0 Å². The average Bonchev–Trinajstić information content (AvgIpc) is 2.83. The van der Waals surface area contributed by atoms with Crippen molar-refractivity contribution in [2.45, 2.75) is 19.9 Å². The lowest BCUT2D eigenvalue weighted by atomic mass is 10.0. The molecule has 0 saturated heterocycles. The zero-order valence-electron chi connectivity index (χ0n) is 18.1. The molecule has 4 heteroatoms. The van der Waals surface area contributed by atoms with Gasteiger partial charge in [0.15, 0.2) is 12.7 Å². The molecule has 4 rings (SSSR count). The predicted octanol–water partition coefficient (Wildman–Crippen LogP) is 7.25. The van der Waals surface area contributed by atoms with E-state index in [-0.39, 0.29) is 0 Å². The minimum Gasteiger partial charge on any atom is -0.496 e. The molecule has 4 aromatic rings. The summed E-state index contributed by atoms with van der Waals surface area (Å²) in [4.78, 5) is 0. The maximum absolute atomic E-state index is 5.54. The average molecular weight is 447 g/mol. The largest absolute Gasteiger partial charge is 0.496 e. The maximum atomic E-state index is 5.54. The predicted molar refractivity (Wildman–Crippen MR) is 139 cm³/mol. The number of aryl methyl sites for hydroxylation is 1. The fraction of sp³-hybridized carbons (Fsp3) is 0.222. The smallest absolute Gasteiger partial charge is 0.213 e. The Kier molecular flexibility index (Phi) is 7.55. The first kappa shape index (κ1) is 21.8. The summed E-state index contributed by atoms with van der Waals surface area (Å²) in [6, 6.07) is 23.5. The van der Waals surface area contributed by atoms with Crippen LogP contribution in [0.1, 0.15) is 24.5 Å². The van der Waals surface area contributed by atoms with Crippen molar-refractivity contribution in [2.75, 3.05) is 18.6 Å². The molecule has 1 heterocycles. The number of methoxy groups -OCH3 is 1. The van der Waals surface area contributed by atoms with Crippen LogP contribution in [0.2, 0.25) is 0 Å². The summed E-state index contributed by atoms with van der Waals surface area (Å²) >= 11 is 0. The molecule has 0 saturated carbocycles. The quantitative estimate of drug-likeness (QED) is 0.153. The zero-order valence-corrected chi connectivity index (χ0v) is 19.7. The second kappa shape index (κ2) is 10.7. The summed E-state index contributed by atoms with van der Waals surface area (Å²) in [5.41, 5.74) is 3.71. The standard InChI is InChI=1S/C27H28NOS2/c1-3-19-30-31-20-18-28-17-16-22(24-9-6-7-11-26(24)28)13-12-21-14-15-27(29-2)25-10-5-4-8-23(21)25/h4-17H,3,18-20H2,1-2H3/q+1/b13-12+. The van der Waals surface area contributed by atoms with Gasteiger partial charge < -0.3 is 4.74 Å². The molecule has 0 unspecified atom stereocenters. The molecule has 1 aromatic heterocycles. The minimum atomic E-state index is 0.911. The fourth-order valence-electron chi connectivity index (χ4n) is 3.78. The van der Waals surface area contributed by atoms with Crippen LogP contribution in [0.4, 0.5) is 0 Å². The molecule has 0 spiro atoms. The van der Waals surface area contributed by atoms with Crippen molar-refractivity contribution >= 4 is 55.4 Å². The van der Waals surface area contributed by atoms with Crippen molar-refractivity contribution in [3.63, 3.8) is 0 Å². The number of hydrogen-bond acceptors (Lipinski definition) is 3. The number of fused-ring (bicyclic) bond motifs is 2. The van der Waals surface area contributed by atoms with E-state index in [4.69, 9.17) is 4.74 Å². The third-order valence-electron chi connectivity index (χ3n) is 5.32. The molecule has 0 aliphatic carbocycles. The zero-order chi connectivity index (χ0) is 21.5. The van der Waals surface area contributed by atoms with Gasteiger partial charge in [0.2, 0.25) is 5.52 Å². The van der Waals surface area contributed by atoms with Gasteiger partial charge in [-0.2, -0.15) is 4.57 Å². The van der Waals surface area contributed by atoms with Crippen molar-refractivity contribution in [3.05, 3.63) is 84.1 Å². The lowest BCUT2D eigenvalue weighted by Gasteiger charge is -2.08. The number of rotatable bonds is 9. The monoisotopic (exact) mass is 446 g/mol. The summed E-state index contributed by atoms with van der Waals surface area (Å²) < 4.78 is 7.91. The molecule has 158 valence electrons. The third kappa shape index (κ3) is 5.08. The van der Waals surface area contributed by atoms with Gasteiger partial charge in [-0.25, -0.2) is 0 Å². The van der Waals surface area contributed by atoms with Crippen LogP contribution in [0.15, 0.2) is 72.9 Å². The molecule has 0 fully saturated rings. The summed E-state index contributed by atoms with van der Waals surface area (Å²) in [5, 5.41) is 3.63. The summed E-state index contributed by atoms with van der Waals surface area (Å²) in [5.74, 6) is 3.25. The van der Waals surface area contributed by atoms with E-state index in [0.717, 1.165) is 23.4 Å². The fourth-order valence-corrected chi connectivity index (χ4v) is 5.89. The number of nitrogens with zero attached hydrogens (tertiary/aromatic N) is 1. The van der Waals surface area contributed by atoms with E-state index >= 15 is 0 Å². The van der Waals surface area contributed by atoms with Crippen LogP contribution in [0.3, 0.4) is 0 Å². The Morgan fingerprint density at radius 1 is 0.774 bits per heavy atom. The van der Waals surface area contributed by atoms with Crippen molar-refractivity contribution in [1.82, 2.24) is 0 Å². The van der Waals surface area contributed by atoms with Gasteiger partial charge in [-0.05, 0) is 35.1 Å². The summed E-state index contributed by atoms with van der Waals surface area (Å²) in [7, 11) is 5.67. The topological polar surface area (TPSA) is 13.1 Å². The van der Waals surface area contributed by atoms with Gasteiger partial charge in [-0.1, -0.05) is 83.1 Å². The van der Waals surface area contributed by atoms with Gasteiger partial charge in [0.1, 0.15) is 5.75 Å². The summed E-state index contributed by atoms with van der Waals surface area (Å²) in [6.07, 6.45) is 7.90. The van der Waals surface area contributed by atoms with Gasteiger partial charge in [0.05, 0.1) is 18.2 Å². The van der Waals surface area contributed by atoms with Crippen LogP contribution in [0.25, 0.3) is 33.8 Å². The van der Waals surface area contributed by atoms with Crippen molar-refractivity contribution in [1.29, 1.82) is 0 Å². The number of hydrogen-bond donors (Lipinski definition) is 0. The second-order valence-corrected chi connectivity index (χ2v) is 10.1. The molecule has 0 atom stereocenters. The molecule has 0 aliphatic heterocycles. The molecule has 2 nitrogen and oxygen atoms in total.